The Balaban J connectivity index is 1.34. The average molecular weight is 541 g/mol. The maximum absolute atomic E-state index is 12.5. The molecule has 0 aliphatic rings. The minimum absolute atomic E-state index is 0.129. The number of amides is 1. The van der Waals surface area contributed by atoms with Gasteiger partial charge in [0, 0.05) is 28.4 Å². The Bertz CT molecular complexity index is 1220. The molecular weight excluding hydrogens is 518 g/mol. The lowest BCUT2D eigenvalue weighted by atomic mass is 10.1. The van der Waals surface area contributed by atoms with Gasteiger partial charge in [-0.1, -0.05) is 76.2 Å². The lowest BCUT2D eigenvalue weighted by Gasteiger charge is -2.08. The molecule has 2 aromatic carbocycles. The molecule has 2 aromatic heterocycles. The number of aromatic nitrogens is 4. The molecule has 0 unspecified atom stereocenters. The number of nitrogens with zero attached hydrogens (tertiary/aromatic N) is 4. The van der Waals surface area contributed by atoms with Crippen LogP contribution in [0.1, 0.15) is 11.4 Å². The first-order chi connectivity index (χ1) is 16.1. The zero-order valence-electron chi connectivity index (χ0n) is 17.8. The van der Waals surface area contributed by atoms with Crippen molar-refractivity contribution >= 4 is 50.1 Å². The van der Waals surface area contributed by atoms with E-state index >= 15 is 0 Å². The summed E-state index contributed by atoms with van der Waals surface area (Å²) in [6, 6.07) is 18.2. The van der Waals surface area contributed by atoms with Crippen LogP contribution in [-0.2, 0) is 24.2 Å². The Labute approximate surface area is 209 Å². The van der Waals surface area contributed by atoms with Crippen LogP contribution in [0.3, 0.4) is 0 Å². The van der Waals surface area contributed by atoms with Crippen LogP contribution < -0.4 is 5.32 Å². The highest BCUT2D eigenvalue weighted by molar-refractivity contribution is 9.10. The molecule has 1 N–H and O–H groups in total. The second kappa shape index (κ2) is 11.4. The van der Waals surface area contributed by atoms with E-state index in [2.05, 4.69) is 55.1 Å². The maximum Gasteiger partial charge on any atom is 0.236 e. The van der Waals surface area contributed by atoms with Crippen LogP contribution in [0, 0.1) is 0 Å². The van der Waals surface area contributed by atoms with Gasteiger partial charge in [-0.2, -0.15) is 0 Å². The molecule has 0 spiro atoms. The van der Waals surface area contributed by atoms with Crippen LogP contribution in [0.5, 0.6) is 0 Å². The van der Waals surface area contributed by atoms with Crippen LogP contribution in [0.25, 0.3) is 11.3 Å². The predicted octanol–water partition coefficient (Wildman–Crippen LogP) is 5.87. The third kappa shape index (κ3) is 6.40. The number of thiazole rings is 1. The van der Waals surface area contributed by atoms with Gasteiger partial charge in [0.1, 0.15) is 5.82 Å². The molecule has 1 amide bonds. The third-order valence-electron chi connectivity index (χ3n) is 4.81. The SMILES string of the molecule is C=CCn1c(CCc2ccccc2)nnc1SCC(=O)Nc1nc(-c2ccc(Br)cc2)cs1. The zero-order chi connectivity index (χ0) is 23.0. The molecule has 0 aliphatic heterocycles. The zero-order valence-corrected chi connectivity index (χ0v) is 21.0. The van der Waals surface area contributed by atoms with Crippen molar-refractivity contribution in [1.82, 2.24) is 19.7 Å². The van der Waals surface area contributed by atoms with Gasteiger partial charge in [0.15, 0.2) is 10.3 Å². The summed E-state index contributed by atoms with van der Waals surface area (Å²) in [7, 11) is 0. The number of hydrogen-bond acceptors (Lipinski definition) is 6. The molecule has 9 heteroatoms. The molecule has 168 valence electrons. The number of rotatable bonds is 10. The van der Waals surface area contributed by atoms with Crippen LogP contribution in [-0.4, -0.2) is 31.4 Å². The largest absolute Gasteiger partial charge is 0.302 e. The molecule has 0 bridgehead atoms. The van der Waals surface area contributed by atoms with Gasteiger partial charge in [0.05, 0.1) is 11.4 Å². The fourth-order valence-corrected chi connectivity index (χ4v) is 4.96. The predicted molar refractivity (Wildman–Crippen MR) is 139 cm³/mol. The first kappa shape index (κ1) is 23.4. The smallest absolute Gasteiger partial charge is 0.236 e. The Hall–Kier alpha value is -2.75. The number of halogens is 1. The average Bonchev–Trinajstić information content (AvgIpc) is 3.45. The van der Waals surface area contributed by atoms with Gasteiger partial charge in [-0.15, -0.1) is 28.1 Å². The van der Waals surface area contributed by atoms with E-state index in [0.717, 1.165) is 34.4 Å². The number of thioether (sulfide) groups is 1. The molecule has 0 aliphatic carbocycles. The summed E-state index contributed by atoms with van der Waals surface area (Å²) >= 11 is 6.20. The van der Waals surface area contributed by atoms with Gasteiger partial charge in [0.25, 0.3) is 0 Å². The number of allylic oxidation sites excluding steroid dienone is 1. The van der Waals surface area contributed by atoms with Crippen molar-refractivity contribution in [3.05, 3.63) is 88.5 Å². The van der Waals surface area contributed by atoms with E-state index in [-0.39, 0.29) is 11.7 Å². The first-order valence-corrected chi connectivity index (χ1v) is 13.0. The van der Waals surface area contributed by atoms with E-state index in [9.17, 15) is 4.79 Å². The van der Waals surface area contributed by atoms with Gasteiger partial charge < -0.3 is 9.88 Å². The lowest BCUT2D eigenvalue weighted by Crippen LogP contribution is -2.14. The summed E-state index contributed by atoms with van der Waals surface area (Å²) < 4.78 is 3.03. The molecule has 4 aromatic rings. The molecule has 0 atom stereocenters. The number of anilines is 1. The topological polar surface area (TPSA) is 72.7 Å². The third-order valence-corrected chi connectivity index (χ3v) is 7.06. The van der Waals surface area contributed by atoms with Crippen LogP contribution in [0.4, 0.5) is 5.13 Å². The standard InChI is InChI=1S/C24H22BrN5OS2/c1-2-14-30-21(13-8-17-6-4-3-5-7-17)28-29-24(30)33-16-22(31)27-23-26-20(15-32-23)18-9-11-19(25)12-10-18/h2-7,9-12,15H,1,8,13-14,16H2,(H,26,27,31). The number of carbonyl (C=O) groups excluding carboxylic acids is 1. The molecule has 33 heavy (non-hydrogen) atoms. The number of nitrogens with one attached hydrogen (secondary N) is 1. The highest BCUT2D eigenvalue weighted by Gasteiger charge is 2.15. The quantitative estimate of drug-likeness (QED) is 0.201. The van der Waals surface area contributed by atoms with Crippen LogP contribution in [0.15, 0.2) is 82.3 Å². The van der Waals surface area contributed by atoms with Crippen molar-refractivity contribution in [3.8, 4) is 11.3 Å². The normalized spacial score (nSPS) is 10.8. The minimum Gasteiger partial charge on any atom is -0.302 e. The molecule has 2 heterocycles. The van der Waals surface area contributed by atoms with E-state index in [4.69, 9.17) is 0 Å². The molecule has 0 saturated heterocycles. The number of hydrogen-bond donors (Lipinski definition) is 1. The lowest BCUT2D eigenvalue weighted by molar-refractivity contribution is -0.113. The second-order valence-corrected chi connectivity index (χ2v) is 9.88. The van der Waals surface area contributed by atoms with Crippen molar-refractivity contribution in [2.45, 2.75) is 24.5 Å². The Morgan fingerprint density at radius 2 is 1.91 bits per heavy atom. The Kier molecular flexibility index (Phi) is 8.09. The van der Waals surface area contributed by atoms with Crippen molar-refractivity contribution in [2.24, 2.45) is 0 Å². The molecular formula is C24H22BrN5OS2. The van der Waals surface area contributed by atoms with E-state index in [1.54, 1.807) is 0 Å². The maximum atomic E-state index is 12.5. The molecule has 0 fully saturated rings. The fourth-order valence-electron chi connectivity index (χ4n) is 3.19. The van der Waals surface area contributed by atoms with E-state index < -0.39 is 0 Å². The van der Waals surface area contributed by atoms with E-state index in [1.807, 2.05) is 58.5 Å². The number of carbonyl (C=O) groups is 1. The highest BCUT2D eigenvalue weighted by atomic mass is 79.9. The molecule has 0 saturated carbocycles. The van der Waals surface area contributed by atoms with Gasteiger partial charge in [-0.05, 0) is 24.1 Å². The summed E-state index contributed by atoms with van der Waals surface area (Å²) in [6.45, 7) is 4.45. The number of aryl methyl sites for hydroxylation is 2. The van der Waals surface area contributed by atoms with Crippen molar-refractivity contribution < 1.29 is 4.79 Å². The summed E-state index contributed by atoms with van der Waals surface area (Å²) in [5.41, 5.74) is 3.10. The van der Waals surface area contributed by atoms with Crippen molar-refractivity contribution in [1.29, 1.82) is 0 Å². The van der Waals surface area contributed by atoms with Gasteiger partial charge in [0.2, 0.25) is 5.91 Å². The summed E-state index contributed by atoms with van der Waals surface area (Å²) in [6.07, 6.45) is 3.47. The van der Waals surface area contributed by atoms with Crippen LogP contribution >= 0.6 is 39.0 Å². The molecule has 6 nitrogen and oxygen atoms in total. The molecule has 0 radical (unpaired) electrons. The Morgan fingerprint density at radius 3 is 2.67 bits per heavy atom. The Morgan fingerprint density at radius 1 is 1.12 bits per heavy atom. The number of benzene rings is 2. The van der Waals surface area contributed by atoms with Crippen molar-refractivity contribution in [2.75, 3.05) is 11.1 Å². The summed E-state index contributed by atoms with van der Waals surface area (Å²) in [5, 5.41) is 14.8. The van der Waals surface area contributed by atoms with Crippen molar-refractivity contribution in [3.63, 3.8) is 0 Å². The summed E-state index contributed by atoms with van der Waals surface area (Å²) in [4.78, 5) is 17.0. The highest BCUT2D eigenvalue weighted by Crippen LogP contribution is 2.26. The van der Waals surface area contributed by atoms with Gasteiger partial charge >= 0.3 is 0 Å². The van der Waals surface area contributed by atoms with Gasteiger partial charge in [-0.3, -0.25) is 4.79 Å². The fraction of sp³-hybridized carbons (Fsp3) is 0.167. The van der Waals surface area contributed by atoms with E-state index in [0.29, 0.717) is 16.8 Å². The summed E-state index contributed by atoms with van der Waals surface area (Å²) in [5.74, 6) is 0.984. The van der Waals surface area contributed by atoms with E-state index in [1.165, 1.54) is 28.7 Å². The molecule has 4 rings (SSSR count). The minimum atomic E-state index is -0.129. The first-order valence-electron chi connectivity index (χ1n) is 10.3. The van der Waals surface area contributed by atoms with Crippen LogP contribution in [0.2, 0.25) is 0 Å². The second-order valence-electron chi connectivity index (χ2n) is 7.17. The van der Waals surface area contributed by atoms with Gasteiger partial charge in [-0.25, -0.2) is 4.98 Å². The monoisotopic (exact) mass is 539 g/mol.